The lowest BCUT2D eigenvalue weighted by atomic mass is 9.86. The van der Waals surface area contributed by atoms with Gasteiger partial charge in [0.15, 0.2) is 0 Å². The molecular formula is C15H16F3N3O2. The van der Waals surface area contributed by atoms with E-state index in [0.717, 1.165) is 0 Å². The number of nitrogens with zero attached hydrogens (tertiary/aromatic N) is 3. The molecule has 1 fully saturated rings. The number of hydrogen-bond donors (Lipinski definition) is 1. The third-order valence-corrected chi connectivity index (χ3v) is 4.55. The highest BCUT2D eigenvalue weighted by atomic mass is 19.4. The van der Waals surface area contributed by atoms with Gasteiger partial charge in [0.25, 0.3) is 11.6 Å². The predicted molar refractivity (Wildman–Crippen MR) is 75.1 cm³/mol. The van der Waals surface area contributed by atoms with Crippen LogP contribution in [0.3, 0.4) is 0 Å². The van der Waals surface area contributed by atoms with Crippen molar-refractivity contribution in [1.29, 1.82) is 0 Å². The molecule has 0 spiro atoms. The molecule has 0 aliphatic carbocycles. The Hall–Kier alpha value is -2.12. The quantitative estimate of drug-likeness (QED) is 0.906. The van der Waals surface area contributed by atoms with Crippen LogP contribution >= 0.6 is 0 Å². The van der Waals surface area contributed by atoms with E-state index < -0.39 is 17.8 Å². The normalized spacial score (nSPS) is 20.6. The number of aromatic hydroxyl groups is 1. The molecule has 1 aromatic carbocycles. The van der Waals surface area contributed by atoms with E-state index in [0.29, 0.717) is 5.56 Å². The third-order valence-electron chi connectivity index (χ3n) is 4.55. The van der Waals surface area contributed by atoms with E-state index in [9.17, 15) is 23.1 Å². The van der Waals surface area contributed by atoms with Crippen molar-refractivity contribution >= 4 is 5.91 Å². The van der Waals surface area contributed by atoms with Crippen molar-refractivity contribution in [3.8, 4) is 5.75 Å². The van der Waals surface area contributed by atoms with Crippen molar-refractivity contribution in [2.75, 3.05) is 13.1 Å². The largest absolute Gasteiger partial charge is 0.507 e. The van der Waals surface area contributed by atoms with E-state index in [1.165, 1.54) is 11.0 Å². The number of aryl methyl sites for hydroxylation is 1. The fourth-order valence-electron chi connectivity index (χ4n) is 3.14. The average molecular weight is 327 g/mol. The molecule has 1 amide bonds. The first-order chi connectivity index (χ1) is 10.8. The second-order valence-electron chi connectivity index (χ2n) is 5.96. The maximum Gasteiger partial charge on any atom is 0.437 e. The summed E-state index contributed by atoms with van der Waals surface area (Å²) in [7, 11) is 0. The minimum absolute atomic E-state index is 0.115. The Morgan fingerprint density at radius 1 is 1.30 bits per heavy atom. The Balaban J connectivity index is 1.69. The van der Waals surface area contributed by atoms with E-state index in [-0.39, 0.29) is 43.2 Å². The number of alkyl halides is 3. The fourth-order valence-corrected chi connectivity index (χ4v) is 3.14. The van der Waals surface area contributed by atoms with Crippen molar-refractivity contribution in [2.24, 2.45) is 16.1 Å². The number of piperidine rings is 1. The number of carbonyl (C=O) groups is 1. The van der Waals surface area contributed by atoms with Crippen molar-refractivity contribution < 1.29 is 23.1 Å². The van der Waals surface area contributed by atoms with Gasteiger partial charge in [-0.3, -0.25) is 4.79 Å². The molecule has 1 saturated heterocycles. The molecule has 0 radical (unpaired) electrons. The number of amides is 1. The molecule has 124 valence electrons. The summed E-state index contributed by atoms with van der Waals surface area (Å²) in [6.07, 6.45) is -4.10. The van der Waals surface area contributed by atoms with Crippen molar-refractivity contribution in [3.63, 3.8) is 0 Å². The zero-order valence-corrected chi connectivity index (χ0v) is 12.5. The number of likely N-dealkylation sites (tertiary alicyclic amines) is 1. The second-order valence-corrected chi connectivity index (χ2v) is 5.96. The molecule has 2 aliphatic heterocycles. The molecule has 0 unspecified atom stereocenters. The van der Waals surface area contributed by atoms with E-state index in [1.807, 2.05) is 0 Å². The number of rotatable bonds is 2. The monoisotopic (exact) mass is 327 g/mol. The van der Waals surface area contributed by atoms with Gasteiger partial charge in [0.1, 0.15) is 5.75 Å². The Bertz CT molecular complexity index is 638. The second kappa shape index (κ2) is 5.21. The summed E-state index contributed by atoms with van der Waals surface area (Å²) >= 11 is 0. The van der Waals surface area contributed by atoms with Gasteiger partial charge in [-0.15, -0.1) is 10.2 Å². The number of phenolic OH excluding ortho intramolecular Hbond substituents is 1. The van der Waals surface area contributed by atoms with Crippen LogP contribution in [0.25, 0.3) is 0 Å². The standard InChI is InChI=1S/C15H16F3N3O2/c1-9-3-2-4-11(22)12(9)13(23)21-7-5-10(6-8-21)14(19-20-14)15(16,17)18/h2-4,10,22H,5-8H2,1H3. The van der Waals surface area contributed by atoms with Crippen molar-refractivity contribution in [1.82, 2.24) is 4.90 Å². The van der Waals surface area contributed by atoms with Gasteiger partial charge in [-0.2, -0.15) is 13.2 Å². The van der Waals surface area contributed by atoms with E-state index in [1.54, 1.807) is 19.1 Å². The number of benzene rings is 1. The molecule has 0 aromatic heterocycles. The molecule has 23 heavy (non-hydrogen) atoms. The van der Waals surface area contributed by atoms with Gasteiger partial charge >= 0.3 is 6.18 Å². The maximum absolute atomic E-state index is 13.0. The Labute approximate surface area is 130 Å². The van der Waals surface area contributed by atoms with Crippen LogP contribution in [-0.4, -0.2) is 40.8 Å². The summed E-state index contributed by atoms with van der Waals surface area (Å²) in [4.78, 5) is 14.0. The van der Waals surface area contributed by atoms with Crippen molar-refractivity contribution in [3.05, 3.63) is 29.3 Å². The SMILES string of the molecule is Cc1cccc(O)c1C(=O)N1CCC(C2(C(F)(F)F)N=N2)CC1. The third kappa shape index (κ3) is 2.55. The van der Waals surface area contributed by atoms with Gasteiger partial charge in [-0.1, -0.05) is 12.1 Å². The first kappa shape index (κ1) is 15.8. The Morgan fingerprint density at radius 2 is 1.91 bits per heavy atom. The number of carbonyl (C=O) groups excluding carboxylic acids is 1. The summed E-state index contributed by atoms with van der Waals surface area (Å²) in [6.45, 7) is 2.10. The first-order valence-electron chi connectivity index (χ1n) is 7.35. The van der Waals surface area contributed by atoms with E-state index in [4.69, 9.17) is 0 Å². The smallest absolute Gasteiger partial charge is 0.437 e. The topological polar surface area (TPSA) is 65.3 Å². The highest BCUT2D eigenvalue weighted by Crippen LogP contribution is 2.52. The Kier molecular flexibility index (Phi) is 3.57. The van der Waals surface area contributed by atoms with Crippen LogP contribution in [0, 0.1) is 12.8 Å². The van der Waals surface area contributed by atoms with Crippen LogP contribution in [0.5, 0.6) is 5.75 Å². The molecule has 2 aliphatic rings. The number of phenols is 1. The van der Waals surface area contributed by atoms with Gasteiger partial charge in [-0.05, 0) is 31.4 Å². The summed E-state index contributed by atoms with van der Waals surface area (Å²) in [5.74, 6) is -1.20. The van der Waals surface area contributed by atoms with Crippen LogP contribution < -0.4 is 0 Å². The van der Waals surface area contributed by atoms with Gasteiger partial charge in [-0.25, -0.2) is 0 Å². The zero-order chi connectivity index (χ0) is 16.8. The highest BCUT2D eigenvalue weighted by Gasteiger charge is 2.68. The van der Waals surface area contributed by atoms with Gasteiger partial charge in [0, 0.05) is 19.0 Å². The molecule has 3 rings (SSSR count). The van der Waals surface area contributed by atoms with Crippen LogP contribution in [0.2, 0.25) is 0 Å². The van der Waals surface area contributed by atoms with E-state index in [2.05, 4.69) is 10.2 Å². The van der Waals surface area contributed by atoms with Gasteiger partial charge in [0.05, 0.1) is 5.56 Å². The highest BCUT2D eigenvalue weighted by molar-refractivity contribution is 5.98. The average Bonchev–Trinajstić information content (AvgIpc) is 3.28. The maximum atomic E-state index is 13.0. The summed E-state index contributed by atoms with van der Waals surface area (Å²) in [5.41, 5.74) is -1.42. The predicted octanol–water partition coefficient (Wildman–Crippen LogP) is 3.28. The van der Waals surface area contributed by atoms with Crippen LogP contribution in [0.4, 0.5) is 13.2 Å². The molecule has 1 N–H and O–H groups in total. The molecule has 8 heteroatoms. The summed E-state index contributed by atoms with van der Waals surface area (Å²) < 4.78 is 39.0. The van der Waals surface area contributed by atoms with Crippen LogP contribution in [0.15, 0.2) is 28.4 Å². The zero-order valence-electron chi connectivity index (χ0n) is 12.5. The molecule has 2 heterocycles. The number of halogens is 3. The lowest BCUT2D eigenvalue weighted by molar-refractivity contribution is -0.179. The van der Waals surface area contributed by atoms with Gasteiger partial charge in [0.2, 0.25) is 0 Å². The summed E-state index contributed by atoms with van der Waals surface area (Å²) in [6, 6.07) is 4.77. The fraction of sp³-hybridized carbons (Fsp3) is 0.533. The van der Waals surface area contributed by atoms with Crippen LogP contribution in [0.1, 0.15) is 28.8 Å². The minimum Gasteiger partial charge on any atom is -0.507 e. The van der Waals surface area contributed by atoms with E-state index >= 15 is 0 Å². The molecule has 5 nitrogen and oxygen atoms in total. The lowest BCUT2D eigenvalue weighted by Crippen LogP contribution is -2.47. The van der Waals surface area contributed by atoms with Crippen LogP contribution in [-0.2, 0) is 0 Å². The molecule has 1 aromatic rings. The van der Waals surface area contributed by atoms with Crippen molar-refractivity contribution in [2.45, 2.75) is 31.6 Å². The molecule has 0 bridgehead atoms. The molecule has 0 atom stereocenters. The molecular weight excluding hydrogens is 311 g/mol. The first-order valence-corrected chi connectivity index (χ1v) is 7.35. The Morgan fingerprint density at radius 3 is 2.39 bits per heavy atom. The van der Waals surface area contributed by atoms with Gasteiger partial charge < -0.3 is 10.0 Å². The molecule has 0 saturated carbocycles. The minimum atomic E-state index is -4.47. The lowest BCUT2D eigenvalue weighted by Gasteiger charge is -2.35. The summed E-state index contributed by atoms with van der Waals surface area (Å²) in [5, 5.41) is 16.3. The number of hydrogen-bond acceptors (Lipinski definition) is 4.